The number of benzene rings is 1. The Kier molecular flexibility index (Phi) is 6.80. The minimum atomic E-state index is 0.316. The summed E-state index contributed by atoms with van der Waals surface area (Å²) in [6, 6.07) is 7.27. The molecule has 2 saturated heterocycles. The van der Waals surface area contributed by atoms with Crippen molar-refractivity contribution in [1.29, 1.82) is 0 Å². The van der Waals surface area contributed by atoms with Crippen LogP contribution in [0.2, 0.25) is 0 Å². The first-order valence-corrected chi connectivity index (χ1v) is 10.0. The predicted octanol–water partition coefficient (Wildman–Crippen LogP) is 2.60. The van der Waals surface area contributed by atoms with Gasteiger partial charge in [0.15, 0.2) is 0 Å². The third-order valence-corrected chi connectivity index (χ3v) is 5.67. The van der Waals surface area contributed by atoms with Crippen molar-refractivity contribution in [2.45, 2.75) is 51.2 Å². The molecule has 5 nitrogen and oxygen atoms in total. The fourth-order valence-corrected chi connectivity index (χ4v) is 3.94. The van der Waals surface area contributed by atoms with Crippen molar-refractivity contribution in [2.75, 3.05) is 38.2 Å². The quantitative estimate of drug-likeness (QED) is 0.730. The lowest BCUT2D eigenvalue weighted by Gasteiger charge is -2.33. The van der Waals surface area contributed by atoms with E-state index in [2.05, 4.69) is 47.7 Å². The van der Waals surface area contributed by atoms with Gasteiger partial charge in [-0.1, -0.05) is 6.07 Å². The molecule has 4 N–H and O–H groups in total. The highest BCUT2D eigenvalue weighted by Crippen LogP contribution is 2.25. The minimum absolute atomic E-state index is 0.316. The van der Waals surface area contributed by atoms with Gasteiger partial charge < -0.3 is 26.0 Å². The number of piperidine rings is 1. The fraction of sp³-hybridized carbons (Fsp3) is 0.619. The largest absolute Gasteiger partial charge is 0.397 e. The SMILES string of the molecule is CNC1CCN(c2ccc(/C(N)=C/NCC3CCCCO3)c(C)c2)CC1. The normalized spacial score (nSPS) is 22.5. The third kappa shape index (κ3) is 4.92. The summed E-state index contributed by atoms with van der Waals surface area (Å²) in [4.78, 5) is 2.48. The first-order valence-electron chi connectivity index (χ1n) is 10.0. The van der Waals surface area contributed by atoms with Crippen molar-refractivity contribution in [3.63, 3.8) is 0 Å². The zero-order valence-corrected chi connectivity index (χ0v) is 16.3. The molecule has 1 atom stereocenters. The van der Waals surface area contributed by atoms with E-state index in [1.54, 1.807) is 0 Å². The molecule has 144 valence electrons. The zero-order chi connectivity index (χ0) is 18.4. The fourth-order valence-electron chi connectivity index (χ4n) is 3.94. The number of ether oxygens (including phenoxy) is 1. The van der Waals surface area contributed by atoms with Gasteiger partial charge in [-0.3, -0.25) is 0 Å². The first-order chi connectivity index (χ1) is 12.7. The van der Waals surface area contributed by atoms with Crippen molar-refractivity contribution in [2.24, 2.45) is 5.73 Å². The van der Waals surface area contributed by atoms with Crippen LogP contribution in [-0.4, -0.2) is 45.4 Å². The van der Waals surface area contributed by atoms with Gasteiger partial charge in [-0.2, -0.15) is 0 Å². The van der Waals surface area contributed by atoms with Gasteiger partial charge in [0.05, 0.1) is 11.8 Å². The zero-order valence-electron chi connectivity index (χ0n) is 16.3. The summed E-state index contributed by atoms with van der Waals surface area (Å²) in [6.07, 6.45) is 8.23. The van der Waals surface area contributed by atoms with E-state index in [4.69, 9.17) is 10.5 Å². The molecule has 0 radical (unpaired) electrons. The van der Waals surface area contributed by atoms with Crippen LogP contribution in [0.25, 0.3) is 5.70 Å². The van der Waals surface area contributed by atoms with E-state index in [9.17, 15) is 0 Å². The van der Waals surface area contributed by atoms with E-state index >= 15 is 0 Å². The predicted molar refractivity (Wildman–Crippen MR) is 109 cm³/mol. The Morgan fingerprint density at radius 3 is 2.73 bits per heavy atom. The molecule has 1 aromatic carbocycles. The molecular weight excluding hydrogens is 324 g/mol. The van der Waals surface area contributed by atoms with E-state index in [0.717, 1.165) is 43.9 Å². The Labute approximate surface area is 158 Å². The van der Waals surface area contributed by atoms with Crippen LogP contribution in [0.3, 0.4) is 0 Å². The molecule has 0 aliphatic carbocycles. The van der Waals surface area contributed by atoms with Gasteiger partial charge in [0, 0.05) is 49.7 Å². The number of nitrogens with one attached hydrogen (secondary N) is 2. The minimum Gasteiger partial charge on any atom is -0.397 e. The van der Waals surface area contributed by atoms with Gasteiger partial charge >= 0.3 is 0 Å². The highest BCUT2D eigenvalue weighted by molar-refractivity contribution is 5.68. The number of hydrogen-bond donors (Lipinski definition) is 3. The molecule has 5 heteroatoms. The highest BCUT2D eigenvalue weighted by atomic mass is 16.5. The van der Waals surface area contributed by atoms with E-state index in [1.165, 1.54) is 36.9 Å². The van der Waals surface area contributed by atoms with Crippen LogP contribution in [0.5, 0.6) is 0 Å². The first kappa shape index (κ1) is 19.1. The van der Waals surface area contributed by atoms with Crippen molar-refractivity contribution >= 4 is 11.4 Å². The monoisotopic (exact) mass is 358 g/mol. The van der Waals surface area contributed by atoms with Crippen molar-refractivity contribution in [3.05, 3.63) is 35.5 Å². The summed E-state index contributed by atoms with van der Waals surface area (Å²) >= 11 is 0. The summed E-state index contributed by atoms with van der Waals surface area (Å²) < 4.78 is 5.75. The number of hydrogen-bond acceptors (Lipinski definition) is 5. The maximum Gasteiger partial charge on any atom is 0.0747 e. The van der Waals surface area contributed by atoms with Gasteiger partial charge in [0.2, 0.25) is 0 Å². The maximum absolute atomic E-state index is 6.31. The third-order valence-electron chi connectivity index (χ3n) is 5.67. The molecule has 0 aromatic heterocycles. The Morgan fingerprint density at radius 2 is 2.08 bits per heavy atom. The number of aryl methyl sites for hydroxylation is 1. The smallest absolute Gasteiger partial charge is 0.0747 e. The number of rotatable bonds is 6. The van der Waals surface area contributed by atoms with Crippen molar-refractivity contribution in [1.82, 2.24) is 10.6 Å². The molecule has 0 bridgehead atoms. The van der Waals surface area contributed by atoms with Gasteiger partial charge in [-0.05, 0) is 63.8 Å². The molecule has 2 heterocycles. The Morgan fingerprint density at radius 1 is 1.27 bits per heavy atom. The number of nitrogens with zero attached hydrogens (tertiary/aromatic N) is 1. The average Bonchev–Trinajstić information content (AvgIpc) is 2.68. The van der Waals surface area contributed by atoms with Crippen LogP contribution in [0, 0.1) is 6.92 Å². The lowest BCUT2D eigenvalue weighted by Crippen LogP contribution is -2.41. The van der Waals surface area contributed by atoms with E-state index < -0.39 is 0 Å². The van der Waals surface area contributed by atoms with Gasteiger partial charge in [-0.25, -0.2) is 0 Å². The van der Waals surface area contributed by atoms with Gasteiger partial charge in [-0.15, -0.1) is 0 Å². The molecule has 1 aromatic rings. The summed E-state index contributed by atoms with van der Waals surface area (Å²) in [6.45, 7) is 6.08. The Balaban J connectivity index is 1.57. The molecule has 2 fully saturated rings. The van der Waals surface area contributed by atoms with Crippen molar-refractivity contribution < 1.29 is 4.74 Å². The summed E-state index contributed by atoms with van der Waals surface area (Å²) in [5.41, 5.74) is 10.7. The molecule has 0 amide bonds. The molecule has 2 aliphatic heterocycles. The molecule has 0 saturated carbocycles. The second-order valence-corrected chi connectivity index (χ2v) is 7.55. The van der Waals surface area contributed by atoms with Crippen molar-refractivity contribution in [3.8, 4) is 0 Å². The topological polar surface area (TPSA) is 62.5 Å². The van der Waals surface area contributed by atoms with Crippen LogP contribution in [0.15, 0.2) is 24.4 Å². The number of anilines is 1. The van der Waals surface area contributed by atoms with Crippen LogP contribution >= 0.6 is 0 Å². The molecule has 1 unspecified atom stereocenters. The highest BCUT2D eigenvalue weighted by Gasteiger charge is 2.18. The molecule has 0 spiro atoms. The maximum atomic E-state index is 6.31. The van der Waals surface area contributed by atoms with Crippen LogP contribution in [-0.2, 0) is 4.74 Å². The molecular formula is C21H34N4O. The lowest BCUT2D eigenvalue weighted by atomic mass is 10.0. The number of nitrogens with two attached hydrogens (primary N) is 1. The Bertz CT molecular complexity index is 602. The second-order valence-electron chi connectivity index (χ2n) is 7.55. The standard InChI is InChI=1S/C21H34N4O/c1-16-13-18(25-10-8-17(23-2)9-11-25)6-7-20(16)21(22)15-24-14-19-5-3-4-12-26-19/h6-7,13,15,17,19,23-24H,3-5,8-12,14,22H2,1-2H3/b21-15-. The summed E-state index contributed by atoms with van der Waals surface area (Å²) in [5.74, 6) is 0. The molecule has 2 aliphatic rings. The molecule has 26 heavy (non-hydrogen) atoms. The van der Waals surface area contributed by atoms with Gasteiger partial charge in [0.25, 0.3) is 0 Å². The Hall–Kier alpha value is -1.72. The summed E-state index contributed by atoms with van der Waals surface area (Å²) in [7, 11) is 2.06. The average molecular weight is 359 g/mol. The van der Waals surface area contributed by atoms with Gasteiger partial charge in [0.1, 0.15) is 0 Å². The summed E-state index contributed by atoms with van der Waals surface area (Å²) in [5, 5.41) is 6.73. The van der Waals surface area contributed by atoms with Crippen LogP contribution < -0.4 is 21.3 Å². The van der Waals surface area contributed by atoms with E-state index in [-0.39, 0.29) is 0 Å². The van der Waals surface area contributed by atoms with E-state index in [1.807, 2.05) is 6.20 Å². The van der Waals surface area contributed by atoms with E-state index in [0.29, 0.717) is 12.1 Å². The molecule has 3 rings (SSSR count). The lowest BCUT2D eigenvalue weighted by molar-refractivity contribution is 0.0188. The second kappa shape index (κ2) is 9.28. The van der Waals surface area contributed by atoms with Crippen LogP contribution in [0.4, 0.5) is 5.69 Å². The van der Waals surface area contributed by atoms with Crippen LogP contribution in [0.1, 0.15) is 43.2 Å².